The van der Waals surface area contributed by atoms with Gasteiger partial charge in [0, 0.05) is 22.1 Å². The fourth-order valence-electron chi connectivity index (χ4n) is 1.87. The van der Waals surface area contributed by atoms with Crippen LogP contribution >= 0.6 is 22.9 Å². The van der Waals surface area contributed by atoms with E-state index >= 15 is 0 Å². The van der Waals surface area contributed by atoms with Gasteiger partial charge in [-0.05, 0) is 38.5 Å². The van der Waals surface area contributed by atoms with E-state index in [2.05, 4.69) is 43.2 Å². The third-order valence-electron chi connectivity index (χ3n) is 2.88. The quantitative estimate of drug-likeness (QED) is 0.891. The van der Waals surface area contributed by atoms with Crippen LogP contribution in [0.3, 0.4) is 0 Å². The molecular weight excluding hydrogens is 264 g/mol. The molecule has 0 bridgehead atoms. The smallest absolute Gasteiger partial charge is 0.109 e. The van der Waals surface area contributed by atoms with E-state index in [9.17, 15) is 0 Å². The predicted molar refractivity (Wildman–Crippen MR) is 78.3 cm³/mol. The second-order valence-corrected chi connectivity index (χ2v) is 6.17. The van der Waals surface area contributed by atoms with E-state index in [4.69, 9.17) is 11.6 Å². The van der Waals surface area contributed by atoms with Crippen LogP contribution in [0.25, 0.3) is 0 Å². The second kappa shape index (κ2) is 5.83. The Morgan fingerprint density at radius 3 is 2.39 bits per heavy atom. The zero-order chi connectivity index (χ0) is 13.1. The average Bonchev–Trinajstić information content (AvgIpc) is 2.76. The number of aromatic nitrogens is 1. The zero-order valence-electron chi connectivity index (χ0n) is 10.8. The number of thiazole rings is 1. The fourth-order valence-corrected chi connectivity index (χ4v) is 2.78. The lowest BCUT2D eigenvalue weighted by Crippen LogP contribution is -2.22. The summed E-state index contributed by atoms with van der Waals surface area (Å²) >= 11 is 7.63. The first kappa shape index (κ1) is 13.5. The van der Waals surface area contributed by atoms with Crippen LogP contribution in [0, 0.1) is 6.92 Å². The van der Waals surface area contributed by atoms with Crippen LogP contribution in [0.2, 0.25) is 5.02 Å². The second-order valence-electron chi connectivity index (χ2n) is 4.47. The molecule has 2 atom stereocenters. The summed E-state index contributed by atoms with van der Waals surface area (Å²) in [5.74, 6) is 0. The van der Waals surface area contributed by atoms with Gasteiger partial charge in [0.2, 0.25) is 0 Å². The van der Waals surface area contributed by atoms with Crippen molar-refractivity contribution in [2.24, 2.45) is 0 Å². The fraction of sp³-hybridized carbons (Fsp3) is 0.357. The molecule has 18 heavy (non-hydrogen) atoms. The molecule has 0 aliphatic heterocycles. The monoisotopic (exact) mass is 280 g/mol. The molecule has 2 unspecified atom stereocenters. The average molecular weight is 281 g/mol. The van der Waals surface area contributed by atoms with Gasteiger partial charge in [0.05, 0.1) is 6.04 Å². The molecule has 4 heteroatoms. The summed E-state index contributed by atoms with van der Waals surface area (Å²) in [6.45, 7) is 6.38. The van der Waals surface area contributed by atoms with Crippen molar-refractivity contribution in [3.63, 3.8) is 0 Å². The van der Waals surface area contributed by atoms with Crippen LogP contribution in [0.4, 0.5) is 0 Å². The molecule has 0 amide bonds. The SMILES string of the molecule is Cc1cnc(C(C)NC(C)c2ccc(Cl)cc2)s1. The van der Waals surface area contributed by atoms with Gasteiger partial charge in [0.25, 0.3) is 0 Å². The first-order chi connectivity index (χ1) is 8.56. The van der Waals surface area contributed by atoms with E-state index in [0.717, 1.165) is 10.0 Å². The standard InChI is InChI=1S/C14H17ClN2S/c1-9-8-16-14(18-9)11(3)17-10(2)12-4-6-13(15)7-5-12/h4-8,10-11,17H,1-3H3. The molecule has 1 N–H and O–H groups in total. The molecule has 1 aromatic heterocycles. The number of nitrogens with one attached hydrogen (secondary N) is 1. The summed E-state index contributed by atoms with van der Waals surface area (Å²) < 4.78 is 0. The molecule has 96 valence electrons. The van der Waals surface area contributed by atoms with Gasteiger partial charge in [0.1, 0.15) is 5.01 Å². The highest BCUT2D eigenvalue weighted by atomic mass is 35.5. The van der Waals surface area contributed by atoms with Crippen molar-refractivity contribution in [1.29, 1.82) is 0 Å². The Bertz CT molecular complexity index is 507. The van der Waals surface area contributed by atoms with Crippen LogP contribution in [-0.4, -0.2) is 4.98 Å². The summed E-state index contributed by atoms with van der Waals surface area (Å²) in [6.07, 6.45) is 1.92. The van der Waals surface area contributed by atoms with Crippen molar-refractivity contribution in [2.45, 2.75) is 32.9 Å². The van der Waals surface area contributed by atoms with Crippen LogP contribution in [0.5, 0.6) is 0 Å². The molecule has 0 aliphatic carbocycles. The largest absolute Gasteiger partial charge is 0.302 e. The van der Waals surface area contributed by atoms with Gasteiger partial charge in [-0.15, -0.1) is 11.3 Å². The molecule has 0 spiro atoms. The van der Waals surface area contributed by atoms with E-state index in [1.165, 1.54) is 10.4 Å². The number of aryl methyl sites for hydroxylation is 1. The predicted octanol–water partition coefficient (Wildman–Crippen LogP) is 4.52. The van der Waals surface area contributed by atoms with Gasteiger partial charge < -0.3 is 5.32 Å². The molecular formula is C14H17ClN2S. The van der Waals surface area contributed by atoms with Crippen molar-refractivity contribution in [3.8, 4) is 0 Å². The van der Waals surface area contributed by atoms with Gasteiger partial charge >= 0.3 is 0 Å². The minimum absolute atomic E-state index is 0.259. The Balaban J connectivity index is 2.02. The Hall–Kier alpha value is -0.900. The Morgan fingerprint density at radius 1 is 1.17 bits per heavy atom. The topological polar surface area (TPSA) is 24.9 Å². The van der Waals surface area contributed by atoms with Gasteiger partial charge in [-0.2, -0.15) is 0 Å². The van der Waals surface area contributed by atoms with Crippen molar-refractivity contribution in [3.05, 3.63) is 50.9 Å². The summed E-state index contributed by atoms with van der Waals surface area (Å²) in [7, 11) is 0. The van der Waals surface area contributed by atoms with E-state index in [0.29, 0.717) is 0 Å². The molecule has 1 aromatic carbocycles. The first-order valence-electron chi connectivity index (χ1n) is 6.00. The van der Waals surface area contributed by atoms with Gasteiger partial charge in [-0.3, -0.25) is 0 Å². The van der Waals surface area contributed by atoms with Crippen molar-refractivity contribution < 1.29 is 0 Å². The molecule has 0 saturated heterocycles. The van der Waals surface area contributed by atoms with Gasteiger partial charge in [0.15, 0.2) is 0 Å². The lowest BCUT2D eigenvalue weighted by atomic mass is 10.1. The molecule has 0 radical (unpaired) electrons. The molecule has 2 aromatic rings. The maximum Gasteiger partial charge on any atom is 0.109 e. The number of nitrogens with zero attached hydrogens (tertiary/aromatic N) is 1. The Kier molecular flexibility index (Phi) is 4.38. The van der Waals surface area contributed by atoms with Gasteiger partial charge in [-0.1, -0.05) is 23.7 Å². The van der Waals surface area contributed by atoms with E-state index < -0.39 is 0 Å². The Labute approximate surface area is 117 Å². The van der Waals surface area contributed by atoms with Crippen LogP contribution in [0.15, 0.2) is 30.5 Å². The number of benzene rings is 1. The van der Waals surface area contributed by atoms with Gasteiger partial charge in [-0.25, -0.2) is 4.98 Å². The molecule has 2 rings (SSSR count). The number of halogens is 1. The highest BCUT2D eigenvalue weighted by molar-refractivity contribution is 7.11. The third kappa shape index (κ3) is 3.31. The van der Waals surface area contributed by atoms with Crippen molar-refractivity contribution >= 4 is 22.9 Å². The van der Waals surface area contributed by atoms with Crippen LogP contribution in [0.1, 0.15) is 41.4 Å². The van der Waals surface area contributed by atoms with E-state index in [1.54, 1.807) is 11.3 Å². The van der Waals surface area contributed by atoms with Crippen molar-refractivity contribution in [1.82, 2.24) is 10.3 Å². The molecule has 0 fully saturated rings. The summed E-state index contributed by atoms with van der Waals surface area (Å²) in [5.41, 5.74) is 1.24. The molecule has 0 saturated carbocycles. The summed E-state index contributed by atoms with van der Waals surface area (Å²) in [6, 6.07) is 8.50. The summed E-state index contributed by atoms with van der Waals surface area (Å²) in [4.78, 5) is 5.66. The number of rotatable bonds is 4. The summed E-state index contributed by atoms with van der Waals surface area (Å²) in [5, 5.41) is 5.46. The number of hydrogen-bond donors (Lipinski definition) is 1. The molecule has 2 nitrogen and oxygen atoms in total. The maximum absolute atomic E-state index is 5.89. The van der Waals surface area contributed by atoms with E-state index in [1.807, 2.05) is 18.3 Å². The van der Waals surface area contributed by atoms with Crippen molar-refractivity contribution in [2.75, 3.05) is 0 Å². The Morgan fingerprint density at radius 2 is 1.83 bits per heavy atom. The highest BCUT2D eigenvalue weighted by Gasteiger charge is 2.13. The molecule has 1 heterocycles. The first-order valence-corrected chi connectivity index (χ1v) is 7.19. The lowest BCUT2D eigenvalue weighted by molar-refractivity contribution is 0.493. The normalized spacial score (nSPS) is 14.4. The highest BCUT2D eigenvalue weighted by Crippen LogP contribution is 2.23. The maximum atomic E-state index is 5.89. The van der Waals surface area contributed by atoms with E-state index in [-0.39, 0.29) is 12.1 Å². The minimum Gasteiger partial charge on any atom is -0.302 e. The van der Waals surface area contributed by atoms with Crippen LogP contribution in [-0.2, 0) is 0 Å². The number of hydrogen-bond acceptors (Lipinski definition) is 3. The minimum atomic E-state index is 0.259. The zero-order valence-corrected chi connectivity index (χ0v) is 12.3. The lowest BCUT2D eigenvalue weighted by Gasteiger charge is -2.18. The van der Waals surface area contributed by atoms with Crippen LogP contribution < -0.4 is 5.32 Å². The third-order valence-corrected chi connectivity index (χ3v) is 4.23. The molecule has 0 aliphatic rings.